The van der Waals surface area contributed by atoms with Gasteiger partial charge in [-0.2, -0.15) is 0 Å². The van der Waals surface area contributed by atoms with Gasteiger partial charge in [-0.25, -0.2) is 4.79 Å². The third-order valence-electron chi connectivity index (χ3n) is 3.79. The molecule has 0 spiro atoms. The van der Waals surface area contributed by atoms with Gasteiger partial charge in [-0.15, -0.1) is 0 Å². The van der Waals surface area contributed by atoms with Crippen LogP contribution in [0.4, 0.5) is 10.5 Å². The van der Waals surface area contributed by atoms with Crippen LogP contribution in [0.5, 0.6) is 0 Å². The molecule has 2 aromatic rings. The minimum Gasteiger partial charge on any atom is -0.388 e. The molecule has 5 nitrogen and oxygen atoms in total. The largest absolute Gasteiger partial charge is 0.388 e. The predicted octanol–water partition coefficient (Wildman–Crippen LogP) is 3.37. The van der Waals surface area contributed by atoms with Gasteiger partial charge in [0.1, 0.15) is 0 Å². The van der Waals surface area contributed by atoms with Crippen LogP contribution in [-0.4, -0.2) is 43.2 Å². The van der Waals surface area contributed by atoms with Crippen LogP contribution in [0.25, 0.3) is 0 Å². The highest BCUT2D eigenvalue weighted by atomic mass is 35.5. The van der Waals surface area contributed by atoms with Crippen LogP contribution in [0, 0.1) is 5.92 Å². The van der Waals surface area contributed by atoms with E-state index in [1.165, 1.54) is 0 Å². The van der Waals surface area contributed by atoms with Crippen molar-refractivity contribution >= 4 is 23.3 Å². The number of aliphatic hydroxyl groups is 1. The van der Waals surface area contributed by atoms with Crippen LogP contribution in [-0.2, 0) is 0 Å². The van der Waals surface area contributed by atoms with Crippen LogP contribution < -0.4 is 10.6 Å². The van der Waals surface area contributed by atoms with Crippen molar-refractivity contribution in [1.82, 2.24) is 10.2 Å². The number of urea groups is 1. The average molecular weight is 362 g/mol. The van der Waals surface area contributed by atoms with Crippen LogP contribution in [0.1, 0.15) is 11.7 Å². The lowest BCUT2D eigenvalue weighted by molar-refractivity contribution is 0.0911. The smallest absolute Gasteiger partial charge is 0.319 e. The molecule has 0 saturated carbocycles. The number of carbonyl (C=O) groups is 1. The van der Waals surface area contributed by atoms with Crippen molar-refractivity contribution in [3.8, 4) is 0 Å². The fourth-order valence-corrected chi connectivity index (χ4v) is 2.82. The third-order valence-corrected chi connectivity index (χ3v) is 4.03. The summed E-state index contributed by atoms with van der Waals surface area (Å²) in [5.41, 5.74) is 1.46. The number of amides is 2. The predicted molar refractivity (Wildman–Crippen MR) is 102 cm³/mol. The van der Waals surface area contributed by atoms with E-state index in [1.807, 2.05) is 49.3 Å². The first-order valence-corrected chi connectivity index (χ1v) is 8.51. The molecule has 0 fully saturated rings. The summed E-state index contributed by atoms with van der Waals surface area (Å²) < 4.78 is 0. The van der Waals surface area contributed by atoms with E-state index in [0.717, 1.165) is 5.56 Å². The van der Waals surface area contributed by atoms with Gasteiger partial charge in [0, 0.05) is 29.7 Å². The summed E-state index contributed by atoms with van der Waals surface area (Å²) in [6.45, 7) is 0.994. The molecule has 2 atom stereocenters. The topological polar surface area (TPSA) is 64.6 Å². The fourth-order valence-electron chi connectivity index (χ4n) is 2.63. The van der Waals surface area contributed by atoms with Gasteiger partial charge < -0.3 is 20.6 Å². The van der Waals surface area contributed by atoms with Crippen LogP contribution in [0.2, 0.25) is 5.02 Å². The van der Waals surface area contributed by atoms with Crippen molar-refractivity contribution in [2.75, 3.05) is 32.5 Å². The number of nitrogens with one attached hydrogen (secondary N) is 2. The Bertz CT molecular complexity index is 679. The molecule has 0 aliphatic heterocycles. The summed E-state index contributed by atoms with van der Waals surface area (Å²) in [6.07, 6.45) is -0.657. The van der Waals surface area contributed by atoms with E-state index in [1.54, 1.807) is 24.3 Å². The summed E-state index contributed by atoms with van der Waals surface area (Å²) in [6, 6.07) is 16.1. The van der Waals surface area contributed by atoms with Gasteiger partial charge in [-0.05, 0) is 37.9 Å². The Morgan fingerprint density at radius 2 is 1.88 bits per heavy atom. The standard InChI is InChI=1S/C19H24ClN3O2/c1-23(2)13-15(18(24)14-7-4-3-5-8-14)12-21-19(25)22-17-10-6-9-16(20)11-17/h3-11,15,18,24H,12-13H2,1-2H3,(H2,21,22,25). The number of carbonyl (C=O) groups excluding carboxylic acids is 1. The lowest BCUT2D eigenvalue weighted by Gasteiger charge is -2.26. The van der Waals surface area contributed by atoms with E-state index in [2.05, 4.69) is 10.6 Å². The second-order valence-electron chi connectivity index (χ2n) is 6.22. The van der Waals surface area contributed by atoms with E-state index in [4.69, 9.17) is 11.6 Å². The van der Waals surface area contributed by atoms with Crippen LogP contribution in [0.3, 0.4) is 0 Å². The average Bonchev–Trinajstić information content (AvgIpc) is 2.58. The normalized spacial score (nSPS) is 13.3. The number of halogens is 1. The second kappa shape index (κ2) is 9.42. The number of aliphatic hydroxyl groups excluding tert-OH is 1. The summed E-state index contributed by atoms with van der Waals surface area (Å²) in [5, 5.41) is 16.8. The molecule has 0 aliphatic rings. The first kappa shape index (κ1) is 19.2. The van der Waals surface area contributed by atoms with Gasteiger partial charge in [-0.3, -0.25) is 0 Å². The quantitative estimate of drug-likeness (QED) is 0.708. The minimum absolute atomic E-state index is 0.137. The molecule has 134 valence electrons. The van der Waals surface area contributed by atoms with Gasteiger partial charge in [-0.1, -0.05) is 48.0 Å². The summed E-state index contributed by atoms with van der Waals surface area (Å²) in [7, 11) is 3.88. The zero-order valence-electron chi connectivity index (χ0n) is 14.4. The van der Waals surface area contributed by atoms with Crippen molar-refractivity contribution in [3.05, 3.63) is 65.2 Å². The molecular formula is C19H24ClN3O2. The molecule has 2 aromatic carbocycles. The summed E-state index contributed by atoms with van der Waals surface area (Å²) in [4.78, 5) is 14.1. The molecule has 0 aromatic heterocycles. The minimum atomic E-state index is -0.657. The number of benzene rings is 2. The molecule has 2 rings (SSSR count). The van der Waals surface area contributed by atoms with Crippen LogP contribution >= 0.6 is 11.6 Å². The molecule has 2 unspecified atom stereocenters. The zero-order chi connectivity index (χ0) is 18.2. The summed E-state index contributed by atoms with van der Waals surface area (Å²) >= 11 is 5.91. The van der Waals surface area contributed by atoms with Gasteiger partial charge in [0.25, 0.3) is 0 Å². The fraction of sp³-hybridized carbons (Fsp3) is 0.316. The molecule has 0 heterocycles. The Morgan fingerprint density at radius 3 is 2.52 bits per heavy atom. The monoisotopic (exact) mass is 361 g/mol. The highest BCUT2D eigenvalue weighted by Crippen LogP contribution is 2.22. The Kier molecular flexibility index (Phi) is 7.25. The van der Waals surface area contributed by atoms with Gasteiger partial charge >= 0.3 is 6.03 Å². The van der Waals surface area contributed by atoms with Crippen molar-refractivity contribution in [1.29, 1.82) is 0 Å². The molecule has 0 radical (unpaired) electrons. The summed E-state index contributed by atoms with van der Waals surface area (Å²) in [5.74, 6) is -0.137. The van der Waals surface area contributed by atoms with E-state index in [0.29, 0.717) is 23.8 Å². The maximum atomic E-state index is 12.1. The number of anilines is 1. The van der Waals surface area contributed by atoms with Crippen molar-refractivity contribution < 1.29 is 9.90 Å². The highest BCUT2D eigenvalue weighted by Gasteiger charge is 2.22. The second-order valence-corrected chi connectivity index (χ2v) is 6.66. The lowest BCUT2D eigenvalue weighted by atomic mass is 9.95. The number of rotatable bonds is 7. The first-order valence-electron chi connectivity index (χ1n) is 8.14. The Hall–Kier alpha value is -2.08. The van der Waals surface area contributed by atoms with Gasteiger partial charge in [0.2, 0.25) is 0 Å². The van der Waals surface area contributed by atoms with Crippen molar-refractivity contribution in [2.45, 2.75) is 6.10 Å². The third kappa shape index (κ3) is 6.38. The SMILES string of the molecule is CN(C)CC(CNC(=O)Nc1cccc(Cl)c1)C(O)c1ccccc1. The Balaban J connectivity index is 1.96. The highest BCUT2D eigenvalue weighted by molar-refractivity contribution is 6.30. The molecule has 0 aliphatic carbocycles. The Morgan fingerprint density at radius 1 is 1.16 bits per heavy atom. The van der Waals surface area contributed by atoms with E-state index < -0.39 is 6.10 Å². The molecule has 0 saturated heterocycles. The molecule has 2 amide bonds. The maximum Gasteiger partial charge on any atom is 0.319 e. The lowest BCUT2D eigenvalue weighted by Crippen LogP contribution is -2.39. The first-order chi connectivity index (χ1) is 12.0. The Labute approximate surface area is 153 Å². The molecule has 3 N–H and O–H groups in total. The molecular weight excluding hydrogens is 338 g/mol. The van der Waals surface area contributed by atoms with Crippen molar-refractivity contribution in [2.24, 2.45) is 5.92 Å². The van der Waals surface area contributed by atoms with Crippen LogP contribution in [0.15, 0.2) is 54.6 Å². The molecule has 25 heavy (non-hydrogen) atoms. The number of hydrogen-bond acceptors (Lipinski definition) is 3. The van der Waals surface area contributed by atoms with Gasteiger partial charge in [0.05, 0.1) is 6.10 Å². The maximum absolute atomic E-state index is 12.1. The van der Waals surface area contributed by atoms with E-state index >= 15 is 0 Å². The number of nitrogens with zero attached hydrogens (tertiary/aromatic N) is 1. The van der Waals surface area contributed by atoms with E-state index in [-0.39, 0.29) is 11.9 Å². The van der Waals surface area contributed by atoms with Gasteiger partial charge in [0.15, 0.2) is 0 Å². The van der Waals surface area contributed by atoms with Crippen molar-refractivity contribution in [3.63, 3.8) is 0 Å². The molecule has 0 bridgehead atoms. The molecule has 6 heteroatoms. The zero-order valence-corrected chi connectivity index (χ0v) is 15.2. The van der Waals surface area contributed by atoms with E-state index in [9.17, 15) is 9.90 Å². The number of hydrogen-bond donors (Lipinski definition) is 3.